The summed E-state index contributed by atoms with van der Waals surface area (Å²) in [5, 5.41) is 6.74. The van der Waals surface area contributed by atoms with Crippen molar-refractivity contribution in [1.29, 1.82) is 0 Å². The van der Waals surface area contributed by atoms with Gasteiger partial charge < -0.3 is 10.1 Å². The molecule has 1 aliphatic rings. The molecule has 2 rings (SSSR count). The van der Waals surface area contributed by atoms with E-state index in [2.05, 4.69) is 17.6 Å². The molecule has 0 aliphatic heterocycles. The van der Waals surface area contributed by atoms with Crippen LogP contribution in [-0.4, -0.2) is 30.6 Å². The normalized spacial score (nSPS) is 21.0. The van der Waals surface area contributed by atoms with Crippen molar-refractivity contribution < 1.29 is 19.1 Å². The minimum absolute atomic E-state index is 0.0928. The number of carbonyl (C=O) groups is 3. The summed E-state index contributed by atoms with van der Waals surface area (Å²) in [6.45, 7) is 1.62. The Morgan fingerprint density at radius 3 is 2.77 bits per heavy atom. The molecule has 1 aromatic rings. The standard InChI is InChI=1S/C15H20N2O4S/c1-10-5-2-3-6-11(10)16-15(20)17-13(18)9-21-14(19)12-7-4-8-22-12/h4,7-8,10-11H,2-3,5-6,9H2,1H3,(H2,16,17,18,20)/t10-,11-/m0/s1. The number of urea groups is 1. The minimum atomic E-state index is -0.633. The van der Waals surface area contributed by atoms with E-state index in [0.29, 0.717) is 10.8 Å². The molecule has 0 unspecified atom stereocenters. The van der Waals surface area contributed by atoms with Crippen molar-refractivity contribution in [2.75, 3.05) is 6.61 Å². The van der Waals surface area contributed by atoms with Crippen LogP contribution in [0.2, 0.25) is 0 Å². The van der Waals surface area contributed by atoms with Gasteiger partial charge in [-0.3, -0.25) is 10.1 Å². The Bertz CT molecular complexity index is 530. The summed E-state index contributed by atoms with van der Waals surface area (Å²) >= 11 is 1.23. The van der Waals surface area contributed by atoms with Crippen molar-refractivity contribution in [2.45, 2.75) is 38.6 Å². The van der Waals surface area contributed by atoms with E-state index < -0.39 is 24.5 Å². The third kappa shape index (κ3) is 4.84. The molecule has 0 bridgehead atoms. The number of esters is 1. The van der Waals surface area contributed by atoms with E-state index in [-0.39, 0.29) is 6.04 Å². The first-order chi connectivity index (χ1) is 10.6. The van der Waals surface area contributed by atoms with Crippen LogP contribution in [0.5, 0.6) is 0 Å². The SMILES string of the molecule is C[C@H]1CCCC[C@@H]1NC(=O)NC(=O)COC(=O)c1cccs1. The Hall–Kier alpha value is -1.89. The van der Waals surface area contributed by atoms with Gasteiger partial charge in [0, 0.05) is 6.04 Å². The lowest BCUT2D eigenvalue weighted by Gasteiger charge is -2.29. The largest absolute Gasteiger partial charge is 0.451 e. The third-order valence-electron chi connectivity index (χ3n) is 3.74. The zero-order valence-electron chi connectivity index (χ0n) is 12.5. The van der Waals surface area contributed by atoms with E-state index in [1.807, 2.05) is 0 Å². The van der Waals surface area contributed by atoms with Crippen molar-refractivity contribution in [1.82, 2.24) is 10.6 Å². The smallest absolute Gasteiger partial charge is 0.348 e. The monoisotopic (exact) mass is 324 g/mol. The number of imide groups is 1. The van der Waals surface area contributed by atoms with Crippen LogP contribution < -0.4 is 10.6 Å². The number of nitrogens with one attached hydrogen (secondary N) is 2. The molecule has 0 spiro atoms. The molecule has 22 heavy (non-hydrogen) atoms. The molecule has 6 nitrogen and oxygen atoms in total. The Morgan fingerprint density at radius 2 is 2.09 bits per heavy atom. The molecule has 3 amide bonds. The lowest BCUT2D eigenvalue weighted by molar-refractivity contribution is -0.123. The van der Waals surface area contributed by atoms with Crippen LogP contribution in [0, 0.1) is 5.92 Å². The predicted molar refractivity (Wildman–Crippen MR) is 82.7 cm³/mol. The number of hydrogen-bond donors (Lipinski definition) is 2. The van der Waals surface area contributed by atoms with Crippen molar-refractivity contribution in [3.8, 4) is 0 Å². The zero-order valence-corrected chi connectivity index (χ0v) is 13.3. The maximum Gasteiger partial charge on any atom is 0.348 e. The van der Waals surface area contributed by atoms with Crippen molar-refractivity contribution >= 4 is 29.2 Å². The topological polar surface area (TPSA) is 84.5 Å². The highest BCUT2D eigenvalue weighted by Gasteiger charge is 2.23. The van der Waals surface area contributed by atoms with E-state index in [4.69, 9.17) is 4.74 Å². The summed E-state index contributed by atoms with van der Waals surface area (Å²) in [4.78, 5) is 35.4. The Kier molecular flexibility index (Phi) is 5.94. The van der Waals surface area contributed by atoms with Gasteiger partial charge in [0.2, 0.25) is 0 Å². The first kappa shape index (κ1) is 16.5. The van der Waals surface area contributed by atoms with Crippen molar-refractivity contribution in [2.24, 2.45) is 5.92 Å². The molecule has 0 saturated heterocycles. The zero-order chi connectivity index (χ0) is 15.9. The van der Waals surface area contributed by atoms with E-state index in [9.17, 15) is 14.4 Å². The summed E-state index contributed by atoms with van der Waals surface area (Å²) in [7, 11) is 0. The molecular formula is C15H20N2O4S. The summed E-state index contributed by atoms with van der Waals surface area (Å²) in [5.74, 6) is -0.788. The predicted octanol–water partition coefficient (Wildman–Crippen LogP) is 2.31. The highest BCUT2D eigenvalue weighted by molar-refractivity contribution is 7.11. The van der Waals surface area contributed by atoms with Crippen LogP contribution in [-0.2, 0) is 9.53 Å². The summed E-state index contributed by atoms with van der Waals surface area (Å²) in [6.07, 6.45) is 4.27. The molecule has 1 aliphatic carbocycles. The Morgan fingerprint density at radius 1 is 1.32 bits per heavy atom. The fraction of sp³-hybridized carbons (Fsp3) is 0.533. The fourth-order valence-corrected chi connectivity index (χ4v) is 3.11. The minimum Gasteiger partial charge on any atom is -0.451 e. The van der Waals surface area contributed by atoms with Crippen molar-refractivity contribution in [3.05, 3.63) is 22.4 Å². The summed E-state index contributed by atoms with van der Waals surface area (Å²) in [6, 6.07) is 2.90. The van der Waals surface area contributed by atoms with Gasteiger partial charge in [-0.25, -0.2) is 9.59 Å². The second-order valence-corrected chi connectivity index (χ2v) is 6.39. The summed E-state index contributed by atoms with van der Waals surface area (Å²) < 4.78 is 4.84. The van der Waals surface area contributed by atoms with Crippen LogP contribution in [0.25, 0.3) is 0 Å². The highest BCUT2D eigenvalue weighted by atomic mass is 32.1. The van der Waals surface area contributed by atoms with Crippen LogP contribution in [0.15, 0.2) is 17.5 Å². The van der Waals surface area contributed by atoms with Crippen LogP contribution in [0.4, 0.5) is 4.79 Å². The molecule has 0 aromatic carbocycles. The van der Waals surface area contributed by atoms with Gasteiger partial charge in [0.25, 0.3) is 5.91 Å². The van der Waals surface area contributed by atoms with E-state index >= 15 is 0 Å². The molecule has 2 N–H and O–H groups in total. The molecular weight excluding hydrogens is 304 g/mol. The first-order valence-electron chi connectivity index (χ1n) is 7.37. The Balaban J connectivity index is 1.70. The second-order valence-electron chi connectivity index (χ2n) is 5.44. The number of hydrogen-bond acceptors (Lipinski definition) is 5. The molecule has 2 atom stereocenters. The number of carbonyl (C=O) groups excluding carboxylic acids is 3. The lowest BCUT2D eigenvalue weighted by atomic mass is 9.86. The van der Waals surface area contributed by atoms with Crippen molar-refractivity contribution in [3.63, 3.8) is 0 Å². The quantitative estimate of drug-likeness (QED) is 0.832. The summed E-state index contributed by atoms with van der Waals surface area (Å²) in [5.41, 5.74) is 0. The number of thiophene rings is 1. The van der Waals surface area contributed by atoms with Gasteiger partial charge in [-0.15, -0.1) is 11.3 Å². The van der Waals surface area contributed by atoms with Gasteiger partial charge >= 0.3 is 12.0 Å². The van der Waals surface area contributed by atoms with E-state index in [1.54, 1.807) is 17.5 Å². The number of rotatable bonds is 4. The molecule has 1 fully saturated rings. The van der Waals surface area contributed by atoms with Gasteiger partial charge in [-0.1, -0.05) is 25.8 Å². The Labute approximate surface area is 133 Å². The van der Waals surface area contributed by atoms with Crippen LogP contribution >= 0.6 is 11.3 Å². The first-order valence-corrected chi connectivity index (χ1v) is 8.25. The van der Waals surface area contributed by atoms with Gasteiger partial charge in [-0.05, 0) is 30.2 Å². The average Bonchev–Trinajstić information content (AvgIpc) is 3.01. The van der Waals surface area contributed by atoms with E-state index in [1.165, 1.54) is 17.8 Å². The van der Waals surface area contributed by atoms with Gasteiger partial charge in [-0.2, -0.15) is 0 Å². The molecule has 7 heteroatoms. The number of ether oxygens (including phenoxy) is 1. The third-order valence-corrected chi connectivity index (χ3v) is 4.59. The molecule has 120 valence electrons. The van der Waals surface area contributed by atoms with Gasteiger partial charge in [0.05, 0.1) is 0 Å². The molecule has 1 heterocycles. The van der Waals surface area contributed by atoms with Crippen LogP contribution in [0.1, 0.15) is 42.3 Å². The molecule has 1 aromatic heterocycles. The van der Waals surface area contributed by atoms with Crippen LogP contribution in [0.3, 0.4) is 0 Å². The lowest BCUT2D eigenvalue weighted by Crippen LogP contribution is -2.48. The molecule has 0 radical (unpaired) electrons. The van der Waals surface area contributed by atoms with Gasteiger partial charge in [0.15, 0.2) is 6.61 Å². The second kappa shape index (κ2) is 7.93. The number of amides is 3. The van der Waals surface area contributed by atoms with E-state index in [0.717, 1.165) is 19.3 Å². The maximum atomic E-state index is 11.8. The fourth-order valence-electron chi connectivity index (χ4n) is 2.49. The van der Waals surface area contributed by atoms with Gasteiger partial charge in [0.1, 0.15) is 4.88 Å². The highest BCUT2D eigenvalue weighted by Crippen LogP contribution is 2.23. The average molecular weight is 324 g/mol. The molecule has 1 saturated carbocycles. The maximum absolute atomic E-state index is 11.8.